The number of methoxy groups -OCH3 is 2. The molecule has 0 unspecified atom stereocenters. The highest BCUT2D eigenvalue weighted by Gasteiger charge is 2.20. The van der Waals surface area contributed by atoms with E-state index in [2.05, 4.69) is 9.62 Å². The fraction of sp³-hybridized carbons (Fsp3) is 0.625. The molecular formula is C16H26N2O4S. The number of hydrogen-bond acceptors (Lipinski definition) is 5. The molecule has 1 aromatic rings. The second-order valence-corrected chi connectivity index (χ2v) is 7.41. The summed E-state index contributed by atoms with van der Waals surface area (Å²) in [7, 11) is -0.666. The molecule has 1 fully saturated rings. The predicted octanol–water partition coefficient (Wildman–Crippen LogP) is 1.86. The molecule has 0 aromatic heterocycles. The minimum Gasteiger partial charge on any atom is -0.497 e. The molecular weight excluding hydrogens is 316 g/mol. The lowest BCUT2D eigenvalue weighted by Gasteiger charge is -2.20. The Balaban J connectivity index is 2.00. The Morgan fingerprint density at radius 2 is 1.78 bits per heavy atom. The third kappa shape index (κ3) is 5.09. The van der Waals surface area contributed by atoms with Crippen LogP contribution >= 0.6 is 0 Å². The first-order chi connectivity index (χ1) is 11.1. The number of ether oxygens (including phenoxy) is 2. The van der Waals surface area contributed by atoms with E-state index in [0.717, 1.165) is 19.6 Å². The van der Waals surface area contributed by atoms with Crippen molar-refractivity contribution in [2.24, 2.45) is 0 Å². The lowest BCUT2D eigenvalue weighted by Crippen LogP contribution is -2.35. The minimum absolute atomic E-state index is 0.107. The Morgan fingerprint density at radius 1 is 1.09 bits per heavy atom. The number of benzene rings is 1. The maximum Gasteiger partial charge on any atom is 0.244 e. The Morgan fingerprint density at radius 3 is 2.39 bits per heavy atom. The van der Waals surface area contributed by atoms with Crippen LogP contribution in [0.2, 0.25) is 0 Å². The molecule has 0 amide bonds. The molecule has 0 bridgehead atoms. The van der Waals surface area contributed by atoms with Gasteiger partial charge in [0.15, 0.2) is 0 Å². The lowest BCUT2D eigenvalue weighted by molar-refractivity contribution is 0.290. The van der Waals surface area contributed by atoms with Crippen molar-refractivity contribution in [3.8, 4) is 11.5 Å². The molecule has 1 aromatic carbocycles. The highest BCUT2D eigenvalue weighted by atomic mass is 32.2. The van der Waals surface area contributed by atoms with Gasteiger partial charge in [0.2, 0.25) is 10.0 Å². The first-order valence-electron chi connectivity index (χ1n) is 8.01. The number of likely N-dealkylation sites (tertiary alicyclic amines) is 1. The van der Waals surface area contributed by atoms with E-state index in [9.17, 15) is 8.42 Å². The van der Waals surface area contributed by atoms with E-state index in [4.69, 9.17) is 9.47 Å². The summed E-state index contributed by atoms with van der Waals surface area (Å²) in [6.07, 6.45) is 4.92. The van der Waals surface area contributed by atoms with Gasteiger partial charge in [-0.3, -0.25) is 0 Å². The van der Waals surface area contributed by atoms with E-state index in [-0.39, 0.29) is 4.90 Å². The summed E-state index contributed by atoms with van der Waals surface area (Å²) in [5.41, 5.74) is 0. The summed E-state index contributed by atoms with van der Waals surface area (Å²) in [5.74, 6) is 0.798. The van der Waals surface area contributed by atoms with Gasteiger partial charge in [-0.15, -0.1) is 0 Å². The number of rotatable bonds is 7. The maximum atomic E-state index is 12.5. The number of hydrogen-bond donors (Lipinski definition) is 1. The van der Waals surface area contributed by atoms with Crippen LogP contribution in [0.4, 0.5) is 0 Å². The molecule has 130 valence electrons. The monoisotopic (exact) mass is 342 g/mol. The van der Waals surface area contributed by atoms with Crippen molar-refractivity contribution in [2.45, 2.75) is 30.6 Å². The van der Waals surface area contributed by atoms with Crippen molar-refractivity contribution >= 4 is 10.0 Å². The lowest BCUT2D eigenvalue weighted by atomic mass is 10.2. The van der Waals surface area contributed by atoms with Gasteiger partial charge in [-0.25, -0.2) is 13.1 Å². The summed E-state index contributed by atoms with van der Waals surface area (Å²) in [6.45, 7) is 3.21. The first kappa shape index (κ1) is 18.0. The highest BCUT2D eigenvalue weighted by Crippen LogP contribution is 2.27. The van der Waals surface area contributed by atoms with Crippen LogP contribution in [0.5, 0.6) is 11.5 Å². The second kappa shape index (κ2) is 8.52. The van der Waals surface area contributed by atoms with Crippen LogP contribution in [-0.2, 0) is 10.0 Å². The second-order valence-electron chi connectivity index (χ2n) is 5.67. The fourth-order valence-corrected chi connectivity index (χ4v) is 3.97. The molecule has 7 heteroatoms. The highest BCUT2D eigenvalue weighted by molar-refractivity contribution is 7.89. The summed E-state index contributed by atoms with van der Waals surface area (Å²) < 4.78 is 38.0. The molecule has 0 radical (unpaired) electrons. The summed E-state index contributed by atoms with van der Waals surface area (Å²) in [6, 6.07) is 4.75. The maximum absolute atomic E-state index is 12.5. The van der Waals surface area contributed by atoms with E-state index in [0.29, 0.717) is 18.0 Å². The molecule has 0 aliphatic carbocycles. The molecule has 6 nitrogen and oxygen atoms in total. The van der Waals surface area contributed by atoms with Crippen LogP contribution in [0.3, 0.4) is 0 Å². The van der Waals surface area contributed by atoms with Gasteiger partial charge in [-0.2, -0.15) is 0 Å². The van der Waals surface area contributed by atoms with E-state index < -0.39 is 10.0 Å². The summed E-state index contributed by atoms with van der Waals surface area (Å²) in [4.78, 5) is 2.42. The van der Waals surface area contributed by atoms with Crippen LogP contribution in [0, 0.1) is 0 Å². The van der Waals surface area contributed by atoms with Crippen molar-refractivity contribution in [3.63, 3.8) is 0 Å². The number of nitrogens with zero attached hydrogens (tertiary/aromatic N) is 1. The van der Waals surface area contributed by atoms with Gasteiger partial charge in [0.05, 0.1) is 14.2 Å². The quantitative estimate of drug-likeness (QED) is 0.819. The van der Waals surface area contributed by atoms with Crippen molar-refractivity contribution in [1.82, 2.24) is 9.62 Å². The van der Waals surface area contributed by atoms with E-state index in [1.807, 2.05) is 0 Å². The van der Waals surface area contributed by atoms with Gasteiger partial charge in [-0.1, -0.05) is 12.8 Å². The van der Waals surface area contributed by atoms with Crippen molar-refractivity contribution in [3.05, 3.63) is 18.2 Å². The molecule has 23 heavy (non-hydrogen) atoms. The predicted molar refractivity (Wildman–Crippen MR) is 89.6 cm³/mol. The third-order valence-electron chi connectivity index (χ3n) is 4.08. The van der Waals surface area contributed by atoms with Crippen LogP contribution in [-0.4, -0.2) is 53.7 Å². The third-order valence-corrected chi connectivity index (χ3v) is 5.56. The molecule has 0 atom stereocenters. The standard InChI is InChI=1S/C16H26N2O4S/c1-21-14-7-8-15(22-2)16(13-14)23(19,20)17-9-12-18-10-5-3-4-6-11-18/h7-8,13,17H,3-6,9-12H2,1-2H3. The molecule has 1 aliphatic heterocycles. The zero-order valence-corrected chi connectivity index (χ0v) is 14.7. The fourth-order valence-electron chi connectivity index (χ4n) is 2.77. The zero-order chi connectivity index (χ0) is 16.7. The summed E-state index contributed by atoms with van der Waals surface area (Å²) >= 11 is 0. The topological polar surface area (TPSA) is 67.9 Å². The average Bonchev–Trinajstić information content (AvgIpc) is 2.83. The smallest absolute Gasteiger partial charge is 0.244 e. The van der Waals surface area contributed by atoms with Crippen LogP contribution in [0.15, 0.2) is 23.1 Å². The average molecular weight is 342 g/mol. The zero-order valence-electron chi connectivity index (χ0n) is 13.9. The van der Waals surface area contributed by atoms with E-state index >= 15 is 0 Å². The molecule has 1 heterocycles. The van der Waals surface area contributed by atoms with Crippen molar-refractivity contribution in [1.29, 1.82) is 0 Å². The molecule has 0 saturated carbocycles. The van der Waals surface area contributed by atoms with Gasteiger partial charge < -0.3 is 14.4 Å². The Labute approximate surface area is 138 Å². The molecule has 1 N–H and O–H groups in total. The number of nitrogens with one attached hydrogen (secondary N) is 1. The van der Waals surface area contributed by atoms with Gasteiger partial charge in [0.1, 0.15) is 16.4 Å². The molecule has 1 saturated heterocycles. The van der Waals surface area contributed by atoms with Gasteiger partial charge in [0, 0.05) is 19.2 Å². The number of sulfonamides is 1. The van der Waals surface area contributed by atoms with Crippen molar-refractivity contribution in [2.75, 3.05) is 40.4 Å². The van der Waals surface area contributed by atoms with Gasteiger partial charge >= 0.3 is 0 Å². The first-order valence-corrected chi connectivity index (χ1v) is 9.49. The molecule has 1 aliphatic rings. The molecule has 0 spiro atoms. The minimum atomic E-state index is -3.63. The Hall–Kier alpha value is -1.31. The van der Waals surface area contributed by atoms with Crippen LogP contribution < -0.4 is 14.2 Å². The van der Waals surface area contributed by atoms with Gasteiger partial charge in [-0.05, 0) is 38.1 Å². The molecule has 2 rings (SSSR count). The normalized spacial score (nSPS) is 16.8. The van der Waals surface area contributed by atoms with E-state index in [1.54, 1.807) is 12.1 Å². The van der Waals surface area contributed by atoms with Gasteiger partial charge in [0.25, 0.3) is 0 Å². The summed E-state index contributed by atoms with van der Waals surface area (Å²) in [5, 5.41) is 0. The SMILES string of the molecule is COc1ccc(OC)c(S(=O)(=O)NCCN2CCCCCC2)c1. The van der Waals surface area contributed by atoms with Crippen LogP contribution in [0.1, 0.15) is 25.7 Å². The Kier molecular flexibility index (Phi) is 6.68. The van der Waals surface area contributed by atoms with E-state index in [1.165, 1.54) is 46.0 Å². The largest absolute Gasteiger partial charge is 0.497 e. The van der Waals surface area contributed by atoms with Crippen LogP contribution in [0.25, 0.3) is 0 Å². The van der Waals surface area contributed by atoms with Crippen molar-refractivity contribution < 1.29 is 17.9 Å². The Bertz CT molecular complexity index is 596.